The number of nitrogens with one attached hydrogen (secondary N) is 1. The Hall–Kier alpha value is -0.620. The third-order valence-electron chi connectivity index (χ3n) is 6.27. The predicted molar refractivity (Wildman–Crippen MR) is 100 cm³/mol. The van der Waals surface area contributed by atoms with Crippen LogP contribution in [-0.4, -0.2) is 18.0 Å². The number of hydrogen-bond donors (Lipinski definition) is 2. The normalized spacial score (nSPS) is 34.6. The first-order valence-electron chi connectivity index (χ1n) is 8.92. The number of carbonyl (C=O) groups is 1. The molecule has 0 atom stereocenters. The smallest absolute Gasteiger partial charge is 0.279 e. The van der Waals surface area contributed by atoms with E-state index in [1.165, 1.54) is 42.1 Å². The Balaban J connectivity index is 1.36. The average molecular weight is 425 g/mol. The fraction of sp³-hybridized carbons (Fsp3) is 0.632. The van der Waals surface area contributed by atoms with Gasteiger partial charge < -0.3 is 10.6 Å². The Labute approximate surface area is 152 Å². The lowest BCUT2D eigenvalue weighted by molar-refractivity contribution is -0.729. The number of rotatable bonds is 4. The van der Waals surface area contributed by atoms with Crippen LogP contribution in [0.25, 0.3) is 0 Å². The summed E-state index contributed by atoms with van der Waals surface area (Å²) >= 11 is 2.30. The highest BCUT2D eigenvalue weighted by molar-refractivity contribution is 14.1. The Bertz CT molecular complexity index is 593. The van der Waals surface area contributed by atoms with Gasteiger partial charge in [0.2, 0.25) is 0 Å². The molecule has 1 amide bonds. The van der Waals surface area contributed by atoms with Gasteiger partial charge in [-0.1, -0.05) is 0 Å². The van der Waals surface area contributed by atoms with Crippen LogP contribution < -0.4 is 10.6 Å². The Morgan fingerprint density at radius 1 is 1.22 bits per heavy atom. The van der Waals surface area contributed by atoms with Crippen molar-refractivity contribution in [3.05, 3.63) is 27.3 Å². The van der Waals surface area contributed by atoms with Gasteiger partial charge in [0.05, 0.1) is 5.54 Å². The largest absolute Gasteiger partial charge is 0.334 e. The first kappa shape index (κ1) is 15.9. The lowest BCUT2D eigenvalue weighted by Crippen LogP contribution is -3.00. The predicted octanol–water partition coefficient (Wildman–Crippen LogP) is 3.07. The molecule has 0 spiro atoms. The second-order valence-corrected chi connectivity index (χ2v) is 9.44. The number of quaternary nitrogens is 1. The molecular weight excluding hydrogens is 399 g/mol. The van der Waals surface area contributed by atoms with Gasteiger partial charge in [-0.15, -0.1) is 0 Å². The maximum absolute atomic E-state index is 12.4. The summed E-state index contributed by atoms with van der Waals surface area (Å²) in [5.41, 5.74) is 2.47. The lowest BCUT2D eigenvalue weighted by atomic mass is 9.53. The van der Waals surface area contributed by atoms with Crippen LogP contribution in [-0.2, 0) is 4.79 Å². The Morgan fingerprint density at radius 2 is 1.83 bits per heavy atom. The van der Waals surface area contributed by atoms with Crippen molar-refractivity contribution in [3.63, 3.8) is 0 Å². The average Bonchev–Trinajstić information content (AvgIpc) is 2.47. The van der Waals surface area contributed by atoms with Crippen molar-refractivity contribution in [3.8, 4) is 0 Å². The van der Waals surface area contributed by atoms with Gasteiger partial charge in [0.15, 0.2) is 6.54 Å². The maximum Gasteiger partial charge on any atom is 0.279 e. The molecule has 4 aliphatic carbocycles. The highest BCUT2D eigenvalue weighted by atomic mass is 127. The monoisotopic (exact) mass is 425 g/mol. The van der Waals surface area contributed by atoms with Crippen LogP contribution in [0.3, 0.4) is 0 Å². The second-order valence-electron chi connectivity index (χ2n) is 8.20. The number of aryl methyl sites for hydroxylation is 1. The van der Waals surface area contributed by atoms with Gasteiger partial charge in [0.25, 0.3) is 5.91 Å². The summed E-state index contributed by atoms with van der Waals surface area (Å²) < 4.78 is 1.21. The standard InChI is InChI=1S/C19H25IN2O/c1-12-4-16(20)2-3-17(12)22-18(23)11-21-19-8-13-5-14(9-19)7-15(6-13)10-19/h2-4,13-15,21H,5-11H2,1H3,(H,22,23)/p+1. The molecule has 3 N–H and O–H groups in total. The molecule has 4 fully saturated rings. The molecule has 3 nitrogen and oxygen atoms in total. The summed E-state index contributed by atoms with van der Waals surface area (Å²) in [5, 5.41) is 5.48. The summed E-state index contributed by atoms with van der Waals surface area (Å²) in [6.07, 6.45) is 8.40. The van der Waals surface area contributed by atoms with Crippen molar-refractivity contribution in [2.24, 2.45) is 17.8 Å². The quantitative estimate of drug-likeness (QED) is 0.716. The van der Waals surface area contributed by atoms with Crippen molar-refractivity contribution in [2.45, 2.75) is 51.0 Å². The number of nitrogens with two attached hydrogens (primary N) is 1. The molecule has 1 aromatic carbocycles. The maximum atomic E-state index is 12.4. The molecule has 0 aromatic heterocycles. The van der Waals surface area contributed by atoms with E-state index in [1.807, 2.05) is 12.1 Å². The Kier molecular flexibility index (Phi) is 4.16. The lowest BCUT2D eigenvalue weighted by Gasteiger charge is -2.54. The number of carbonyl (C=O) groups excluding carboxylic acids is 1. The molecule has 4 saturated carbocycles. The summed E-state index contributed by atoms with van der Waals surface area (Å²) in [6, 6.07) is 6.17. The van der Waals surface area contributed by atoms with Gasteiger partial charge in [-0.2, -0.15) is 0 Å². The summed E-state index contributed by atoms with van der Waals surface area (Å²) in [7, 11) is 0. The van der Waals surface area contributed by atoms with Crippen LogP contribution in [0.2, 0.25) is 0 Å². The third kappa shape index (κ3) is 3.29. The molecule has 0 radical (unpaired) electrons. The van der Waals surface area contributed by atoms with E-state index in [0.29, 0.717) is 12.1 Å². The molecule has 1 aromatic rings. The van der Waals surface area contributed by atoms with Crippen LogP contribution in [0.1, 0.15) is 44.1 Å². The van der Waals surface area contributed by atoms with Crippen LogP contribution in [0, 0.1) is 28.2 Å². The minimum Gasteiger partial charge on any atom is -0.334 e. The zero-order chi connectivity index (χ0) is 16.0. The van der Waals surface area contributed by atoms with Crippen molar-refractivity contribution >= 4 is 34.2 Å². The van der Waals surface area contributed by atoms with Crippen LogP contribution in [0.15, 0.2) is 18.2 Å². The van der Waals surface area contributed by atoms with E-state index in [0.717, 1.165) is 29.0 Å². The molecule has 0 saturated heterocycles. The highest BCUT2D eigenvalue weighted by Crippen LogP contribution is 2.54. The molecule has 0 heterocycles. The molecule has 23 heavy (non-hydrogen) atoms. The van der Waals surface area contributed by atoms with Crippen molar-refractivity contribution in [1.82, 2.24) is 0 Å². The topological polar surface area (TPSA) is 45.7 Å². The van der Waals surface area contributed by atoms with Gasteiger partial charge in [0.1, 0.15) is 0 Å². The second kappa shape index (κ2) is 6.03. The number of amides is 1. The molecule has 0 aliphatic heterocycles. The first-order chi connectivity index (χ1) is 11.0. The van der Waals surface area contributed by atoms with Gasteiger partial charge in [0, 0.05) is 28.5 Å². The van der Waals surface area contributed by atoms with Crippen molar-refractivity contribution < 1.29 is 10.1 Å². The first-order valence-corrected chi connectivity index (χ1v) is 10.00. The van der Waals surface area contributed by atoms with E-state index < -0.39 is 0 Å². The number of benzene rings is 1. The van der Waals surface area contributed by atoms with E-state index in [-0.39, 0.29) is 5.91 Å². The van der Waals surface area contributed by atoms with Crippen LogP contribution in [0.5, 0.6) is 0 Å². The minimum atomic E-state index is 0.144. The van der Waals surface area contributed by atoms with Crippen molar-refractivity contribution in [1.29, 1.82) is 0 Å². The van der Waals surface area contributed by atoms with E-state index in [1.54, 1.807) is 0 Å². The van der Waals surface area contributed by atoms with E-state index in [2.05, 4.69) is 46.2 Å². The fourth-order valence-electron chi connectivity index (χ4n) is 5.71. The van der Waals surface area contributed by atoms with Gasteiger partial charge in [-0.25, -0.2) is 0 Å². The number of anilines is 1. The van der Waals surface area contributed by atoms with E-state index in [9.17, 15) is 4.79 Å². The van der Waals surface area contributed by atoms with E-state index >= 15 is 0 Å². The van der Waals surface area contributed by atoms with E-state index in [4.69, 9.17) is 0 Å². The zero-order valence-electron chi connectivity index (χ0n) is 13.8. The highest BCUT2D eigenvalue weighted by Gasteiger charge is 2.53. The van der Waals surface area contributed by atoms with Gasteiger partial charge in [-0.05, 0) is 90.3 Å². The number of halogens is 1. The van der Waals surface area contributed by atoms with Gasteiger partial charge in [-0.3, -0.25) is 4.79 Å². The molecule has 4 bridgehead atoms. The van der Waals surface area contributed by atoms with Crippen LogP contribution >= 0.6 is 22.6 Å². The third-order valence-corrected chi connectivity index (χ3v) is 6.94. The fourth-order valence-corrected chi connectivity index (χ4v) is 6.35. The SMILES string of the molecule is Cc1cc(I)ccc1NC(=O)C[NH2+]C12CC3CC(CC(C3)C1)C2. The van der Waals surface area contributed by atoms with Crippen LogP contribution in [0.4, 0.5) is 5.69 Å². The molecular formula is C19H26IN2O+. The van der Waals surface area contributed by atoms with Gasteiger partial charge >= 0.3 is 0 Å². The minimum absolute atomic E-state index is 0.144. The Morgan fingerprint density at radius 3 is 2.39 bits per heavy atom. The number of hydrogen-bond acceptors (Lipinski definition) is 1. The zero-order valence-corrected chi connectivity index (χ0v) is 15.9. The molecule has 124 valence electrons. The summed E-state index contributed by atoms with van der Waals surface area (Å²) in [4.78, 5) is 12.4. The summed E-state index contributed by atoms with van der Waals surface area (Å²) in [6.45, 7) is 2.62. The molecule has 5 rings (SSSR count). The molecule has 0 unspecified atom stereocenters. The molecule has 4 aliphatic rings. The molecule has 4 heteroatoms. The summed E-state index contributed by atoms with van der Waals surface area (Å²) in [5.74, 6) is 2.97. The van der Waals surface area contributed by atoms with Crippen molar-refractivity contribution in [2.75, 3.05) is 11.9 Å².